The molecule has 2 bridgehead atoms. The summed E-state index contributed by atoms with van der Waals surface area (Å²) in [7, 11) is 0. The fraction of sp³-hybridized carbons (Fsp3) is 0.625. The summed E-state index contributed by atoms with van der Waals surface area (Å²) in [6.07, 6.45) is 3.79. The second-order valence-corrected chi connectivity index (χ2v) is 7.29. The lowest BCUT2D eigenvalue weighted by molar-refractivity contribution is -0.166. The standard InChI is InChI=1S/C16H16N2O6/c19-3-17-13(21)9-5-1-2-6(10(9)14(17)22)8-7(5)11-12(8)16(24)18(4-20)15(11)23/h1-2,5-12,19-20H,3-4H2/t5-,6+,7-,8-,9-,10-,11-,12-/m1/s1. The number of likely N-dealkylation sites (tertiary alicyclic amines) is 2. The number of amides is 4. The van der Waals surface area contributed by atoms with Crippen molar-refractivity contribution < 1.29 is 29.4 Å². The van der Waals surface area contributed by atoms with E-state index in [1.807, 2.05) is 12.2 Å². The first-order valence-electron chi connectivity index (χ1n) is 8.13. The molecule has 24 heavy (non-hydrogen) atoms. The SMILES string of the molecule is O=C1[C@@H]2[C@H]3C=C[C@@H]([C@H]2C(=O)N1CO)[C@H]1[C@H]2C(=O)N(CO)C(=O)[C@@H]2[C@H]31. The van der Waals surface area contributed by atoms with E-state index >= 15 is 0 Å². The van der Waals surface area contributed by atoms with Crippen LogP contribution < -0.4 is 0 Å². The smallest absolute Gasteiger partial charge is 0.235 e. The van der Waals surface area contributed by atoms with E-state index in [4.69, 9.17) is 0 Å². The van der Waals surface area contributed by atoms with Crippen LogP contribution in [0.15, 0.2) is 12.2 Å². The zero-order valence-electron chi connectivity index (χ0n) is 12.6. The molecule has 8 atom stereocenters. The van der Waals surface area contributed by atoms with E-state index in [-0.39, 0.29) is 47.3 Å². The summed E-state index contributed by atoms with van der Waals surface area (Å²) < 4.78 is 0. The Morgan fingerprint density at radius 2 is 1.00 bits per heavy atom. The highest BCUT2D eigenvalue weighted by molar-refractivity contribution is 6.09. The van der Waals surface area contributed by atoms with E-state index in [0.717, 1.165) is 9.80 Å². The zero-order valence-corrected chi connectivity index (χ0v) is 12.6. The summed E-state index contributed by atoms with van der Waals surface area (Å²) in [6.45, 7) is -1.27. The molecule has 4 amide bonds. The van der Waals surface area contributed by atoms with Gasteiger partial charge in [0.05, 0.1) is 23.7 Å². The van der Waals surface area contributed by atoms with E-state index in [1.54, 1.807) is 0 Å². The third-order valence-corrected chi connectivity index (χ3v) is 6.81. The number of nitrogens with zero attached hydrogens (tertiary/aromatic N) is 2. The third-order valence-electron chi connectivity index (χ3n) is 6.81. The second-order valence-electron chi connectivity index (χ2n) is 7.29. The molecule has 0 unspecified atom stereocenters. The van der Waals surface area contributed by atoms with Gasteiger partial charge in [-0.05, 0) is 23.7 Å². The van der Waals surface area contributed by atoms with Gasteiger partial charge in [-0.1, -0.05) is 12.2 Å². The van der Waals surface area contributed by atoms with Crippen LogP contribution in [-0.2, 0) is 19.2 Å². The largest absolute Gasteiger partial charge is 0.376 e. The summed E-state index contributed by atoms with van der Waals surface area (Å²) in [5.74, 6) is -4.44. The van der Waals surface area contributed by atoms with Crippen LogP contribution in [0.4, 0.5) is 0 Å². The monoisotopic (exact) mass is 332 g/mol. The topological polar surface area (TPSA) is 115 Å². The molecule has 2 N–H and O–H groups in total. The van der Waals surface area contributed by atoms with Gasteiger partial charge >= 0.3 is 0 Å². The lowest BCUT2D eigenvalue weighted by Gasteiger charge is -2.60. The van der Waals surface area contributed by atoms with Crippen molar-refractivity contribution in [1.82, 2.24) is 9.80 Å². The van der Waals surface area contributed by atoms with Gasteiger partial charge in [0.25, 0.3) is 0 Å². The molecule has 8 nitrogen and oxygen atoms in total. The van der Waals surface area contributed by atoms with Crippen LogP contribution in [0, 0.1) is 47.3 Å². The van der Waals surface area contributed by atoms with E-state index in [2.05, 4.69) is 0 Å². The van der Waals surface area contributed by atoms with E-state index in [9.17, 15) is 29.4 Å². The van der Waals surface area contributed by atoms with E-state index < -0.39 is 37.1 Å². The van der Waals surface area contributed by atoms with Gasteiger partial charge in [0.1, 0.15) is 13.5 Å². The first kappa shape index (κ1) is 14.3. The molecule has 6 aliphatic rings. The van der Waals surface area contributed by atoms with Crippen LogP contribution in [0.25, 0.3) is 0 Å². The minimum Gasteiger partial charge on any atom is -0.376 e. The average Bonchev–Trinajstić information content (AvgIpc) is 2.91. The van der Waals surface area contributed by atoms with Crippen LogP contribution in [0.5, 0.6) is 0 Å². The van der Waals surface area contributed by atoms with Crippen molar-refractivity contribution in [2.75, 3.05) is 13.5 Å². The maximum Gasteiger partial charge on any atom is 0.235 e. The first-order valence-corrected chi connectivity index (χ1v) is 8.13. The number of hydrogen-bond donors (Lipinski definition) is 2. The molecule has 2 heterocycles. The molecule has 2 aliphatic heterocycles. The molecule has 8 heteroatoms. The lowest BCUT2D eigenvalue weighted by atomic mass is 9.40. The van der Waals surface area contributed by atoms with Crippen LogP contribution in [0.1, 0.15) is 0 Å². The van der Waals surface area contributed by atoms with Gasteiger partial charge in [-0.3, -0.25) is 29.0 Å². The molecule has 0 radical (unpaired) electrons. The summed E-state index contributed by atoms with van der Waals surface area (Å²) >= 11 is 0. The lowest BCUT2D eigenvalue weighted by Crippen LogP contribution is -2.63. The Bertz CT molecular complexity index is 676. The second kappa shape index (κ2) is 4.31. The van der Waals surface area contributed by atoms with Gasteiger partial charge < -0.3 is 10.2 Å². The van der Waals surface area contributed by atoms with Gasteiger partial charge in [0.15, 0.2) is 0 Å². The molecule has 4 aliphatic carbocycles. The molecule has 2 saturated heterocycles. The zero-order chi connectivity index (χ0) is 16.9. The molecule has 0 spiro atoms. The maximum atomic E-state index is 12.5. The highest BCUT2D eigenvalue weighted by atomic mass is 16.3. The molecule has 4 fully saturated rings. The minimum atomic E-state index is -0.636. The molecule has 0 aromatic heterocycles. The summed E-state index contributed by atoms with van der Waals surface area (Å²) in [5.41, 5.74) is 0. The summed E-state index contributed by atoms with van der Waals surface area (Å²) in [4.78, 5) is 51.6. The number of aliphatic hydroxyl groups is 2. The highest BCUT2D eigenvalue weighted by Crippen LogP contribution is 2.68. The van der Waals surface area contributed by atoms with Gasteiger partial charge in [0, 0.05) is 0 Å². The van der Waals surface area contributed by atoms with Crippen molar-refractivity contribution in [2.45, 2.75) is 0 Å². The predicted molar refractivity (Wildman–Crippen MR) is 74.9 cm³/mol. The Hall–Kier alpha value is -2.06. The number of allylic oxidation sites excluding steroid dienone is 2. The van der Waals surface area contributed by atoms with Gasteiger partial charge in [0.2, 0.25) is 23.6 Å². The molecular formula is C16H16N2O6. The average molecular weight is 332 g/mol. The van der Waals surface area contributed by atoms with E-state index in [0.29, 0.717) is 0 Å². The van der Waals surface area contributed by atoms with E-state index in [1.165, 1.54) is 0 Å². The van der Waals surface area contributed by atoms with Crippen LogP contribution in [0.2, 0.25) is 0 Å². The molecule has 2 saturated carbocycles. The Balaban J connectivity index is 1.57. The minimum absolute atomic E-state index is 0.144. The fourth-order valence-corrected chi connectivity index (χ4v) is 6.00. The summed E-state index contributed by atoms with van der Waals surface area (Å²) in [5, 5.41) is 18.6. The van der Waals surface area contributed by atoms with Gasteiger partial charge in [-0.2, -0.15) is 0 Å². The first-order chi connectivity index (χ1) is 11.5. The number of aliphatic hydroxyl groups excluding tert-OH is 2. The molecule has 126 valence electrons. The highest BCUT2D eigenvalue weighted by Gasteiger charge is 2.74. The number of hydrogen-bond acceptors (Lipinski definition) is 6. The predicted octanol–water partition coefficient (Wildman–Crippen LogP) is -1.85. The van der Waals surface area contributed by atoms with Gasteiger partial charge in [-0.25, -0.2) is 0 Å². The Morgan fingerprint density at radius 1 is 0.667 bits per heavy atom. The molecule has 0 aromatic rings. The number of carbonyl (C=O) groups is 4. The molecule has 6 rings (SSSR count). The maximum absolute atomic E-state index is 12.5. The van der Waals surface area contributed by atoms with Crippen molar-refractivity contribution in [2.24, 2.45) is 47.3 Å². The van der Waals surface area contributed by atoms with Crippen molar-refractivity contribution >= 4 is 23.6 Å². The fourth-order valence-electron chi connectivity index (χ4n) is 6.00. The number of carbonyl (C=O) groups excluding carboxylic acids is 4. The Kier molecular flexibility index (Phi) is 2.57. The Labute approximate surface area is 136 Å². The normalized spacial score (nSPS) is 47.9. The van der Waals surface area contributed by atoms with Crippen LogP contribution in [-0.4, -0.2) is 57.1 Å². The third kappa shape index (κ3) is 1.27. The van der Waals surface area contributed by atoms with Crippen molar-refractivity contribution in [3.8, 4) is 0 Å². The molecular weight excluding hydrogens is 316 g/mol. The van der Waals surface area contributed by atoms with Crippen molar-refractivity contribution in [3.05, 3.63) is 12.2 Å². The van der Waals surface area contributed by atoms with Crippen molar-refractivity contribution in [3.63, 3.8) is 0 Å². The Morgan fingerprint density at radius 3 is 1.33 bits per heavy atom. The van der Waals surface area contributed by atoms with Crippen molar-refractivity contribution in [1.29, 1.82) is 0 Å². The number of rotatable bonds is 2. The number of fused-ring (bicyclic) bond motifs is 1. The van der Waals surface area contributed by atoms with Crippen LogP contribution >= 0.6 is 0 Å². The quantitative estimate of drug-likeness (QED) is 0.453. The van der Waals surface area contributed by atoms with Gasteiger partial charge in [-0.15, -0.1) is 0 Å². The summed E-state index contributed by atoms with van der Waals surface area (Å²) in [6, 6.07) is 0. The van der Waals surface area contributed by atoms with Crippen LogP contribution in [0.3, 0.4) is 0 Å². The number of imide groups is 2. The molecule has 0 aromatic carbocycles.